The molecule has 0 radical (unpaired) electrons. The summed E-state index contributed by atoms with van der Waals surface area (Å²) in [5.41, 5.74) is 0. The van der Waals surface area contributed by atoms with Gasteiger partial charge in [-0.05, 0) is 12.1 Å². The predicted octanol–water partition coefficient (Wildman–Crippen LogP) is 1.20. The fraction of sp³-hybridized carbons (Fsp3) is 0.545. The fourth-order valence-electron chi connectivity index (χ4n) is 1.73. The second-order valence-corrected chi connectivity index (χ2v) is 6.92. The van der Waals surface area contributed by atoms with E-state index in [1.54, 1.807) is 0 Å². The molecular weight excluding hydrogens is 294 g/mol. The van der Waals surface area contributed by atoms with Gasteiger partial charge in [0.1, 0.15) is 0 Å². The van der Waals surface area contributed by atoms with Gasteiger partial charge in [0.15, 0.2) is 0 Å². The number of carbonyl (C=O) groups excluding carboxylic acids is 1. The first-order chi connectivity index (χ1) is 8.56. The highest BCUT2D eigenvalue weighted by Gasteiger charge is 2.32. The first-order valence-corrected chi connectivity index (χ1v) is 7.87. The fourth-order valence-corrected chi connectivity index (χ4v) is 3.86. The van der Waals surface area contributed by atoms with E-state index in [0.717, 1.165) is 15.0 Å². The molecule has 1 amide bonds. The van der Waals surface area contributed by atoms with Crippen molar-refractivity contribution in [2.45, 2.75) is 18.0 Å². The third-order valence-corrected chi connectivity index (χ3v) is 5.09. The minimum absolute atomic E-state index is 0.0433. The van der Waals surface area contributed by atoms with Crippen LogP contribution in [0.2, 0.25) is 4.34 Å². The zero-order valence-electron chi connectivity index (χ0n) is 9.58. The standard InChI is InChI=1S/C11H14ClNO3S2/c12-10-2-1-7(18-10)5-17-6-11(16)13-3-8(14)9(15)4-13/h1-2,8-9,14-15H,3-6H2/t8-,9+. The molecule has 0 unspecified atom stereocenters. The zero-order valence-corrected chi connectivity index (χ0v) is 12.0. The predicted molar refractivity (Wildman–Crippen MR) is 74.1 cm³/mol. The van der Waals surface area contributed by atoms with Crippen molar-refractivity contribution in [3.8, 4) is 0 Å². The average molecular weight is 308 g/mol. The maximum Gasteiger partial charge on any atom is 0.232 e. The number of β-amino-alcohol motifs (C(OH)–C–C–N with tert-alkyl or cyclic N) is 2. The van der Waals surface area contributed by atoms with Gasteiger partial charge < -0.3 is 15.1 Å². The molecule has 0 spiro atoms. The number of aliphatic hydroxyl groups is 2. The molecule has 18 heavy (non-hydrogen) atoms. The molecule has 7 heteroatoms. The van der Waals surface area contributed by atoms with Crippen LogP contribution in [0.25, 0.3) is 0 Å². The first kappa shape index (κ1) is 14.1. The van der Waals surface area contributed by atoms with Gasteiger partial charge in [0.2, 0.25) is 5.91 Å². The molecule has 1 aliphatic rings. The third-order valence-electron chi connectivity index (χ3n) is 2.71. The van der Waals surface area contributed by atoms with Crippen LogP contribution >= 0.6 is 34.7 Å². The topological polar surface area (TPSA) is 60.8 Å². The Hall–Kier alpha value is -0.270. The summed E-state index contributed by atoms with van der Waals surface area (Å²) in [4.78, 5) is 14.4. The van der Waals surface area contributed by atoms with Crippen LogP contribution in [-0.4, -0.2) is 52.1 Å². The van der Waals surface area contributed by atoms with E-state index >= 15 is 0 Å². The number of rotatable bonds is 4. The van der Waals surface area contributed by atoms with Crippen LogP contribution in [-0.2, 0) is 10.5 Å². The van der Waals surface area contributed by atoms with Gasteiger partial charge in [-0.1, -0.05) is 11.6 Å². The van der Waals surface area contributed by atoms with Gasteiger partial charge in [0.05, 0.1) is 22.3 Å². The van der Waals surface area contributed by atoms with Gasteiger partial charge in [-0.15, -0.1) is 23.1 Å². The average Bonchev–Trinajstić information content (AvgIpc) is 2.87. The number of halogens is 1. The number of amides is 1. The van der Waals surface area contributed by atoms with E-state index in [9.17, 15) is 15.0 Å². The number of nitrogens with zero attached hydrogens (tertiary/aromatic N) is 1. The van der Waals surface area contributed by atoms with E-state index < -0.39 is 12.2 Å². The zero-order chi connectivity index (χ0) is 13.1. The van der Waals surface area contributed by atoms with Gasteiger partial charge in [-0.3, -0.25) is 4.79 Å². The van der Waals surface area contributed by atoms with Crippen LogP contribution in [0.5, 0.6) is 0 Å². The molecule has 2 rings (SSSR count). The molecule has 0 aliphatic carbocycles. The molecule has 1 saturated heterocycles. The molecule has 2 heterocycles. The Balaban J connectivity index is 1.72. The summed E-state index contributed by atoms with van der Waals surface area (Å²) in [7, 11) is 0. The van der Waals surface area contributed by atoms with E-state index in [-0.39, 0.29) is 19.0 Å². The number of hydrogen-bond acceptors (Lipinski definition) is 5. The van der Waals surface area contributed by atoms with Crippen molar-refractivity contribution in [1.82, 2.24) is 4.90 Å². The lowest BCUT2D eigenvalue weighted by Crippen LogP contribution is -2.31. The molecular formula is C11H14ClNO3S2. The molecule has 1 aromatic heterocycles. The van der Waals surface area contributed by atoms with E-state index in [1.807, 2.05) is 12.1 Å². The lowest BCUT2D eigenvalue weighted by atomic mass is 10.3. The summed E-state index contributed by atoms with van der Waals surface area (Å²) in [6.07, 6.45) is -1.62. The van der Waals surface area contributed by atoms with Crippen LogP contribution in [0, 0.1) is 0 Å². The molecule has 1 fully saturated rings. The van der Waals surface area contributed by atoms with Crippen LogP contribution in [0.4, 0.5) is 0 Å². The van der Waals surface area contributed by atoms with E-state index in [0.29, 0.717) is 5.75 Å². The summed E-state index contributed by atoms with van der Waals surface area (Å²) >= 11 is 8.84. The summed E-state index contributed by atoms with van der Waals surface area (Å²) in [5.74, 6) is 1.06. The van der Waals surface area contributed by atoms with Gasteiger partial charge in [0, 0.05) is 23.7 Å². The summed E-state index contributed by atoms with van der Waals surface area (Å²) in [5, 5.41) is 18.7. The van der Waals surface area contributed by atoms with Crippen LogP contribution in [0.1, 0.15) is 4.88 Å². The van der Waals surface area contributed by atoms with Gasteiger partial charge in [-0.2, -0.15) is 0 Å². The number of thioether (sulfide) groups is 1. The highest BCUT2D eigenvalue weighted by molar-refractivity contribution is 7.99. The highest BCUT2D eigenvalue weighted by atomic mass is 35.5. The third kappa shape index (κ3) is 3.61. The second kappa shape index (κ2) is 6.25. The number of carbonyl (C=O) groups is 1. The lowest BCUT2D eigenvalue weighted by Gasteiger charge is -2.14. The lowest BCUT2D eigenvalue weighted by molar-refractivity contribution is -0.127. The van der Waals surface area contributed by atoms with E-state index in [4.69, 9.17) is 11.6 Å². The molecule has 2 N–H and O–H groups in total. The molecule has 0 saturated carbocycles. The Morgan fingerprint density at radius 2 is 2.11 bits per heavy atom. The molecule has 2 atom stereocenters. The molecule has 100 valence electrons. The van der Waals surface area contributed by atoms with Crippen LogP contribution in [0.3, 0.4) is 0 Å². The Labute approximate surface area is 119 Å². The number of hydrogen-bond donors (Lipinski definition) is 2. The normalized spacial score (nSPS) is 23.6. The van der Waals surface area contributed by atoms with Crippen molar-refractivity contribution in [2.75, 3.05) is 18.8 Å². The van der Waals surface area contributed by atoms with Gasteiger partial charge in [-0.25, -0.2) is 0 Å². The van der Waals surface area contributed by atoms with Crippen molar-refractivity contribution >= 4 is 40.6 Å². The van der Waals surface area contributed by atoms with Gasteiger partial charge in [0.25, 0.3) is 0 Å². The minimum atomic E-state index is -0.810. The molecule has 4 nitrogen and oxygen atoms in total. The number of likely N-dealkylation sites (tertiary alicyclic amines) is 1. The highest BCUT2D eigenvalue weighted by Crippen LogP contribution is 2.25. The molecule has 0 aromatic carbocycles. The molecule has 1 aromatic rings. The van der Waals surface area contributed by atoms with Crippen LogP contribution in [0.15, 0.2) is 12.1 Å². The van der Waals surface area contributed by atoms with E-state index in [2.05, 4.69) is 0 Å². The Kier molecular flexibility index (Phi) is 4.91. The van der Waals surface area contributed by atoms with Crippen molar-refractivity contribution in [1.29, 1.82) is 0 Å². The summed E-state index contributed by atoms with van der Waals surface area (Å²) in [6, 6.07) is 3.80. The minimum Gasteiger partial charge on any atom is -0.388 e. The smallest absolute Gasteiger partial charge is 0.232 e. The second-order valence-electron chi connectivity index (χ2n) is 4.13. The largest absolute Gasteiger partial charge is 0.388 e. The Morgan fingerprint density at radius 3 is 2.67 bits per heavy atom. The van der Waals surface area contributed by atoms with Crippen molar-refractivity contribution in [3.05, 3.63) is 21.3 Å². The van der Waals surface area contributed by atoms with Crippen molar-refractivity contribution in [2.24, 2.45) is 0 Å². The maximum atomic E-state index is 11.8. The number of thiophene rings is 1. The molecule has 0 bridgehead atoms. The quantitative estimate of drug-likeness (QED) is 0.877. The van der Waals surface area contributed by atoms with Gasteiger partial charge >= 0.3 is 0 Å². The van der Waals surface area contributed by atoms with Crippen LogP contribution < -0.4 is 0 Å². The van der Waals surface area contributed by atoms with Crippen molar-refractivity contribution < 1.29 is 15.0 Å². The number of aliphatic hydroxyl groups excluding tert-OH is 2. The summed E-state index contributed by atoms with van der Waals surface area (Å²) in [6.45, 7) is 0.455. The Morgan fingerprint density at radius 1 is 1.44 bits per heavy atom. The first-order valence-electron chi connectivity index (χ1n) is 5.52. The summed E-state index contributed by atoms with van der Waals surface area (Å²) < 4.78 is 0.753. The van der Waals surface area contributed by atoms with E-state index in [1.165, 1.54) is 28.0 Å². The van der Waals surface area contributed by atoms with Crippen molar-refractivity contribution in [3.63, 3.8) is 0 Å². The Bertz CT molecular complexity index is 416. The maximum absolute atomic E-state index is 11.8. The molecule has 1 aliphatic heterocycles. The monoisotopic (exact) mass is 307 g/mol. The SMILES string of the molecule is O=C(CSCc1ccc(Cl)s1)N1C[C@@H](O)[C@@H](O)C1.